The molecule has 3 rings (SSSR count). The summed E-state index contributed by atoms with van der Waals surface area (Å²) in [7, 11) is 0. The summed E-state index contributed by atoms with van der Waals surface area (Å²) in [4.78, 5) is 12.2. The van der Waals surface area contributed by atoms with Crippen molar-refractivity contribution in [3.8, 4) is 5.75 Å². The van der Waals surface area contributed by atoms with Gasteiger partial charge in [0, 0.05) is 6.42 Å². The van der Waals surface area contributed by atoms with Gasteiger partial charge in [0.25, 0.3) is 0 Å². The molecule has 0 spiro atoms. The highest BCUT2D eigenvalue weighted by Gasteiger charge is 2.48. The fourth-order valence-corrected chi connectivity index (χ4v) is 3.73. The van der Waals surface area contributed by atoms with Gasteiger partial charge in [-0.3, -0.25) is 0 Å². The molecule has 2 saturated heterocycles. The maximum atomic E-state index is 12.2. The Kier molecular flexibility index (Phi) is 8.98. The van der Waals surface area contributed by atoms with E-state index in [-0.39, 0.29) is 24.3 Å². The van der Waals surface area contributed by atoms with Crippen LogP contribution in [0.25, 0.3) is 0 Å². The minimum absolute atomic E-state index is 0.129. The molecule has 0 amide bonds. The molecule has 12 nitrogen and oxygen atoms in total. The molecule has 2 fully saturated rings. The van der Waals surface area contributed by atoms with Crippen LogP contribution in [-0.2, 0) is 18.9 Å². The van der Waals surface area contributed by atoms with Gasteiger partial charge < -0.3 is 54.3 Å². The maximum absolute atomic E-state index is 12.2. The van der Waals surface area contributed by atoms with Gasteiger partial charge in [0.05, 0.1) is 25.9 Å². The van der Waals surface area contributed by atoms with Crippen LogP contribution in [0.5, 0.6) is 5.75 Å². The number of para-hydroxylation sites is 1. The Morgan fingerprint density at radius 2 is 1.70 bits per heavy atom. The lowest BCUT2D eigenvalue weighted by molar-refractivity contribution is -0.340. The summed E-state index contributed by atoms with van der Waals surface area (Å²) in [5.41, 5.74) is 0.165. The van der Waals surface area contributed by atoms with E-state index in [1.165, 1.54) is 12.1 Å². The van der Waals surface area contributed by atoms with Gasteiger partial charge in [0.1, 0.15) is 47.9 Å². The number of ether oxygens (including phenoxy) is 5. The van der Waals surface area contributed by atoms with Gasteiger partial charge in [-0.2, -0.15) is 0 Å². The number of rotatable bonds is 8. The molecule has 186 valence electrons. The van der Waals surface area contributed by atoms with Crippen LogP contribution in [0.15, 0.2) is 24.3 Å². The Bertz CT molecular complexity index is 773. The van der Waals surface area contributed by atoms with Crippen molar-refractivity contribution in [2.75, 3.05) is 19.8 Å². The van der Waals surface area contributed by atoms with Crippen molar-refractivity contribution in [2.24, 2.45) is 0 Å². The maximum Gasteiger partial charge on any atom is 0.341 e. The minimum Gasteiger partial charge on any atom is -0.464 e. The molecule has 2 heterocycles. The molecular weight excluding hydrogens is 444 g/mol. The van der Waals surface area contributed by atoms with Crippen LogP contribution >= 0.6 is 0 Å². The van der Waals surface area contributed by atoms with E-state index < -0.39 is 74.5 Å². The number of esters is 1. The molecule has 5 unspecified atom stereocenters. The van der Waals surface area contributed by atoms with Crippen LogP contribution in [-0.4, -0.2) is 112 Å². The number of carbonyl (C=O) groups excluding carboxylic acids is 1. The lowest BCUT2D eigenvalue weighted by Gasteiger charge is -2.44. The predicted molar refractivity (Wildman–Crippen MR) is 108 cm³/mol. The zero-order valence-electron chi connectivity index (χ0n) is 18.0. The van der Waals surface area contributed by atoms with Crippen LogP contribution in [0.1, 0.15) is 23.7 Å². The number of aliphatic hydroxyl groups is 6. The van der Waals surface area contributed by atoms with E-state index in [1.54, 1.807) is 19.1 Å². The van der Waals surface area contributed by atoms with Crippen LogP contribution in [0, 0.1) is 0 Å². The standard InChI is InChI=1S/C21H30O12/c1-2-29-20(28)10-5-3-4-6-12(10)30-15-7-11(24)19(14(9-23)31-15)33-21-18(27)17(26)16(25)13(8-22)32-21/h3-6,11,13-19,21-27H,2,7-9H2,1H3/t11?,13?,14?,15?,16-,17?,18-,19+,21-/m1/s1. The fourth-order valence-electron chi connectivity index (χ4n) is 3.73. The van der Waals surface area contributed by atoms with Crippen LogP contribution < -0.4 is 4.74 Å². The molecule has 0 bridgehead atoms. The SMILES string of the molecule is CCOC(=O)c1ccccc1OC1CC(O)[C@H](O[C@H]2OC(CO)[C@@H](O)C(O)[C@H]2O)C(CO)O1. The number of benzene rings is 1. The van der Waals surface area contributed by atoms with Gasteiger partial charge in [0.15, 0.2) is 6.29 Å². The molecule has 0 aromatic heterocycles. The average Bonchev–Trinajstić information content (AvgIpc) is 2.81. The van der Waals surface area contributed by atoms with E-state index in [1.807, 2.05) is 0 Å². The Labute approximate surface area is 189 Å². The fraction of sp³-hybridized carbons (Fsp3) is 0.667. The monoisotopic (exact) mass is 474 g/mol. The Morgan fingerprint density at radius 3 is 2.36 bits per heavy atom. The van der Waals surface area contributed by atoms with Gasteiger partial charge in [0.2, 0.25) is 6.29 Å². The van der Waals surface area contributed by atoms with Gasteiger partial charge in [-0.15, -0.1) is 0 Å². The summed E-state index contributed by atoms with van der Waals surface area (Å²) >= 11 is 0. The number of aliphatic hydroxyl groups excluding tert-OH is 6. The van der Waals surface area contributed by atoms with Crippen molar-refractivity contribution in [1.82, 2.24) is 0 Å². The topological polar surface area (TPSA) is 185 Å². The highest BCUT2D eigenvalue weighted by molar-refractivity contribution is 5.92. The number of hydrogen-bond acceptors (Lipinski definition) is 12. The second-order valence-corrected chi connectivity index (χ2v) is 7.72. The van der Waals surface area contributed by atoms with E-state index in [0.29, 0.717) is 0 Å². The predicted octanol–water partition coefficient (Wildman–Crippen LogP) is -2.10. The van der Waals surface area contributed by atoms with Gasteiger partial charge in [-0.1, -0.05) is 12.1 Å². The molecular formula is C21H30O12. The first-order valence-electron chi connectivity index (χ1n) is 10.6. The largest absolute Gasteiger partial charge is 0.464 e. The average molecular weight is 474 g/mol. The van der Waals surface area contributed by atoms with Gasteiger partial charge in [-0.05, 0) is 19.1 Å². The molecule has 1 aromatic carbocycles. The normalized spacial score (nSPS) is 36.9. The second kappa shape index (κ2) is 11.5. The van der Waals surface area contributed by atoms with E-state index in [4.69, 9.17) is 23.7 Å². The Hall–Kier alpha value is -1.87. The smallest absolute Gasteiger partial charge is 0.341 e. The summed E-state index contributed by atoms with van der Waals surface area (Å²) in [5.74, 6) is -0.426. The third kappa shape index (κ3) is 5.80. The second-order valence-electron chi connectivity index (χ2n) is 7.72. The number of carbonyl (C=O) groups is 1. The quantitative estimate of drug-likeness (QED) is 0.226. The van der Waals surface area contributed by atoms with E-state index in [2.05, 4.69) is 0 Å². The molecule has 33 heavy (non-hydrogen) atoms. The van der Waals surface area contributed by atoms with Crippen molar-refractivity contribution in [1.29, 1.82) is 0 Å². The van der Waals surface area contributed by atoms with E-state index in [0.717, 1.165) is 0 Å². The van der Waals surface area contributed by atoms with Crippen molar-refractivity contribution in [3.05, 3.63) is 29.8 Å². The Balaban J connectivity index is 1.69. The summed E-state index contributed by atoms with van der Waals surface area (Å²) in [6.45, 7) is 0.602. The first kappa shape index (κ1) is 25.7. The van der Waals surface area contributed by atoms with Crippen LogP contribution in [0.4, 0.5) is 0 Å². The van der Waals surface area contributed by atoms with Crippen molar-refractivity contribution >= 4 is 5.97 Å². The van der Waals surface area contributed by atoms with Gasteiger partial charge >= 0.3 is 5.97 Å². The van der Waals surface area contributed by atoms with Crippen molar-refractivity contribution in [3.63, 3.8) is 0 Å². The zero-order valence-corrected chi connectivity index (χ0v) is 18.0. The van der Waals surface area contributed by atoms with E-state index >= 15 is 0 Å². The Morgan fingerprint density at radius 1 is 1.00 bits per heavy atom. The third-order valence-electron chi connectivity index (χ3n) is 5.47. The van der Waals surface area contributed by atoms with Crippen LogP contribution in [0.3, 0.4) is 0 Å². The highest BCUT2D eigenvalue weighted by Crippen LogP contribution is 2.30. The molecule has 6 N–H and O–H groups in total. The van der Waals surface area contributed by atoms with E-state index in [9.17, 15) is 35.4 Å². The number of hydrogen-bond donors (Lipinski definition) is 6. The molecule has 0 radical (unpaired) electrons. The minimum atomic E-state index is -1.68. The third-order valence-corrected chi connectivity index (χ3v) is 5.47. The summed E-state index contributed by atoms with van der Waals surface area (Å²) in [6.07, 6.45) is -12.4. The summed E-state index contributed by atoms with van der Waals surface area (Å²) in [6, 6.07) is 6.33. The van der Waals surface area contributed by atoms with Gasteiger partial charge in [-0.25, -0.2) is 4.79 Å². The zero-order chi connectivity index (χ0) is 24.1. The molecule has 0 aliphatic carbocycles. The molecule has 9 atom stereocenters. The lowest BCUT2D eigenvalue weighted by atomic mass is 9.98. The van der Waals surface area contributed by atoms with Crippen molar-refractivity contribution in [2.45, 2.75) is 68.7 Å². The molecule has 0 saturated carbocycles. The first-order chi connectivity index (χ1) is 15.8. The molecule has 2 aliphatic rings. The van der Waals surface area contributed by atoms with Crippen LogP contribution in [0.2, 0.25) is 0 Å². The summed E-state index contributed by atoms with van der Waals surface area (Å²) < 4.78 is 27.3. The van der Waals surface area contributed by atoms with Crippen molar-refractivity contribution < 1.29 is 59.1 Å². The summed E-state index contributed by atoms with van der Waals surface area (Å²) in [5, 5.41) is 59.7. The molecule has 2 aliphatic heterocycles. The lowest BCUT2D eigenvalue weighted by Crippen LogP contribution is -2.62. The first-order valence-corrected chi connectivity index (χ1v) is 10.6. The molecule has 1 aromatic rings. The molecule has 12 heteroatoms. The highest BCUT2D eigenvalue weighted by atomic mass is 16.7.